The quantitative estimate of drug-likeness (QED) is 0.782. The van der Waals surface area contributed by atoms with Crippen molar-refractivity contribution in [2.75, 3.05) is 11.1 Å². The van der Waals surface area contributed by atoms with Crippen molar-refractivity contribution in [1.29, 1.82) is 0 Å². The Morgan fingerprint density at radius 1 is 1.05 bits per heavy atom. The topological polar surface area (TPSA) is 38.0 Å². The minimum absolute atomic E-state index is 0.142. The lowest BCUT2D eigenvalue weighted by atomic mass is 9.43. The summed E-state index contributed by atoms with van der Waals surface area (Å²) in [5.74, 6) is 0.578. The monoisotopic (exact) mass is 288 g/mol. The second-order valence-electron chi connectivity index (χ2n) is 8.81. The van der Waals surface area contributed by atoms with Crippen LogP contribution in [0.1, 0.15) is 52.4 Å². The first-order valence-corrected chi connectivity index (χ1v) is 8.12. The second kappa shape index (κ2) is 3.93. The van der Waals surface area contributed by atoms with Gasteiger partial charge in [-0.25, -0.2) is 4.39 Å². The first-order valence-electron chi connectivity index (χ1n) is 8.12. The lowest BCUT2D eigenvalue weighted by Gasteiger charge is -2.65. The van der Waals surface area contributed by atoms with Crippen molar-refractivity contribution < 1.29 is 4.39 Å². The van der Waals surface area contributed by atoms with Crippen LogP contribution >= 0.6 is 0 Å². The van der Waals surface area contributed by atoms with E-state index in [1.54, 1.807) is 6.07 Å². The number of halogens is 1. The van der Waals surface area contributed by atoms with Gasteiger partial charge in [0, 0.05) is 16.9 Å². The van der Waals surface area contributed by atoms with Crippen LogP contribution in [0.3, 0.4) is 0 Å². The molecule has 1 aromatic carbocycles. The predicted octanol–water partition coefficient (Wildman–Crippen LogP) is 4.57. The SMILES string of the molecule is CC12CC3CC(C)(C1)CC(Nc1cc(N)cc(F)c1)(C3)C2. The average molecular weight is 288 g/mol. The molecule has 114 valence electrons. The number of benzene rings is 1. The van der Waals surface area contributed by atoms with Crippen molar-refractivity contribution in [1.82, 2.24) is 0 Å². The van der Waals surface area contributed by atoms with Crippen LogP contribution in [0.4, 0.5) is 15.8 Å². The minimum atomic E-state index is -0.250. The highest BCUT2D eigenvalue weighted by molar-refractivity contribution is 5.56. The number of rotatable bonds is 2. The van der Waals surface area contributed by atoms with Gasteiger partial charge in [0.1, 0.15) is 5.82 Å². The molecule has 0 aliphatic heterocycles. The summed E-state index contributed by atoms with van der Waals surface area (Å²) in [5, 5.41) is 3.70. The Morgan fingerprint density at radius 2 is 1.71 bits per heavy atom. The Bertz CT molecular complexity index is 559. The maximum absolute atomic E-state index is 13.6. The fourth-order valence-electron chi connectivity index (χ4n) is 6.58. The van der Waals surface area contributed by atoms with Gasteiger partial charge in [-0.15, -0.1) is 0 Å². The van der Waals surface area contributed by atoms with Crippen LogP contribution in [0.2, 0.25) is 0 Å². The van der Waals surface area contributed by atoms with Crippen LogP contribution in [-0.4, -0.2) is 5.54 Å². The van der Waals surface area contributed by atoms with E-state index in [0.717, 1.165) is 11.6 Å². The van der Waals surface area contributed by atoms with Gasteiger partial charge in [-0.05, 0) is 73.5 Å². The van der Waals surface area contributed by atoms with E-state index in [0.29, 0.717) is 16.5 Å². The van der Waals surface area contributed by atoms with Crippen molar-refractivity contribution >= 4 is 11.4 Å². The molecule has 0 heterocycles. The fourth-order valence-corrected chi connectivity index (χ4v) is 6.58. The molecule has 3 N–H and O–H groups in total. The van der Waals surface area contributed by atoms with Gasteiger partial charge in [0.25, 0.3) is 0 Å². The third kappa shape index (κ3) is 2.21. The highest BCUT2D eigenvalue weighted by atomic mass is 19.1. The minimum Gasteiger partial charge on any atom is -0.399 e. The van der Waals surface area contributed by atoms with Crippen molar-refractivity contribution in [2.24, 2.45) is 16.7 Å². The van der Waals surface area contributed by atoms with Gasteiger partial charge in [0.2, 0.25) is 0 Å². The highest BCUT2D eigenvalue weighted by Crippen LogP contribution is 2.66. The summed E-state index contributed by atoms with van der Waals surface area (Å²) in [6.45, 7) is 4.90. The third-order valence-electron chi connectivity index (χ3n) is 5.96. The maximum atomic E-state index is 13.6. The van der Waals surface area contributed by atoms with Crippen LogP contribution in [0, 0.1) is 22.6 Å². The Morgan fingerprint density at radius 3 is 2.29 bits per heavy atom. The van der Waals surface area contributed by atoms with Crippen molar-refractivity contribution in [3.63, 3.8) is 0 Å². The molecule has 0 radical (unpaired) electrons. The van der Waals surface area contributed by atoms with Gasteiger partial charge in [-0.3, -0.25) is 0 Å². The molecular weight excluding hydrogens is 263 g/mol. The van der Waals surface area contributed by atoms with Crippen molar-refractivity contribution in [3.8, 4) is 0 Å². The van der Waals surface area contributed by atoms with Gasteiger partial charge in [0.05, 0.1) is 0 Å². The van der Waals surface area contributed by atoms with E-state index < -0.39 is 0 Å². The summed E-state index contributed by atoms with van der Waals surface area (Å²) in [6, 6.07) is 4.83. The number of nitrogens with one attached hydrogen (secondary N) is 1. The van der Waals surface area contributed by atoms with Gasteiger partial charge < -0.3 is 11.1 Å². The molecule has 4 aliphatic carbocycles. The first kappa shape index (κ1) is 13.4. The van der Waals surface area contributed by atoms with Crippen LogP contribution in [-0.2, 0) is 0 Å². The van der Waals surface area contributed by atoms with Crippen molar-refractivity contribution in [2.45, 2.75) is 57.9 Å². The third-order valence-corrected chi connectivity index (χ3v) is 5.96. The Balaban J connectivity index is 1.68. The van der Waals surface area contributed by atoms with E-state index in [-0.39, 0.29) is 11.4 Å². The zero-order valence-corrected chi connectivity index (χ0v) is 13.0. The molecule has 21 heavy (non-hydrogen) atoms. The molecule has 0 spiro atoms. The maximum Gasteiger partial charge on any atom is 0.127 e. The molecule has 0 amide bonds. The fraction of sp³-hybridized carbons (Fsp3) is 0.667. The summed E-state index contributed by atoms with van der Waals surface area (Å²) in [4.78, 5) is 0. The van der Waals surface area contributed by atoms with Crippen LogP contribution in [0.15, 0.2) is 18.2 Å². The Kier molecular flexibility index (Phi) is 2.51. The van der Waals surface area contributed by atoms with Gasteiger partial charge in [0.15, 0.2) is 0 Å². The van der Waals surface area contributed by atoms with E-state index in [2.05, 4.69) is 19.2 Å². The molecule has 4 saturated carbocycles. The molecule has 2 nitrogen and oxygen atoms in total. The van der Waals surface area contributed by atoms with Gasteiger partial charge in [-0.2, -0.15) is 0 Å². The summed E-state index contributed by atoms with van der Waals surface area (Å²) in [5.41, 5.74) is 8.21. The lowest BCUT2D eigenvalue weighted by Crippen LogP contribution is -2.61. The first-order chi connectivity index (χ1) is 9.77. The van der Waals surface area contributed by atoms with E-state index in [4.69, 9.17) is 5.73 Å². The number of nitrogens with two attached hydrogens (primary N) is 1. The van der Waals surface area contributed by atoms with Crippen LogP contribution < -0.4 is 11.1 Å². The highest BCUT2D eigenvalue weighted by Gasteiger charge is 2.60. The second-order valence-corrected chi connectivity index (χ2v) is 8.81. The van der Waals surface area contributed by atoms with Gasteiger partial charge in [-0.1, -0.05) is 13.8 Å². The van der Waals surface area contributed by atoms with E-state index >= 15 is 0 Å². The lowest BCUT2D eigenvalue weighted by molar-refractivity contribution is -0.0972. The summed E-state index contributed by atoms with van der Waals surface area (Å²) in [7, 11) is 0. The molecule has 4 aliphatic rings. The normalized spacial score (nSPS) is 44.0. The molecule has 2 atom stereocenters. The summed E-state index contributed by atoms with van der Waals surface area (Å²) < 4.78 is 13.6. The average Bonchev–Trinajstić information content (AvgIpc) is 2.19. The van der Waals surface area contributed by atoms with Gasteiger partial charge >= 0.3 is 0 Å². The molecule has 5 rings (SSSR count). The van der Waals surface area contributed by atoms with Crippen molar-refractivity contribution in [3.05, 3.63) is 24.0 Å². The number of hydrogen-bond acceptors (Lipinski definition) is 2. The molecule has 0 aromatic heterocycles. The number of hydrogen-bond donors (Lipinski definition) is 2. The molecule has 4 bridgehead atoms. The zero-order valence-electron chi connectivity index (χ0n) is 13.0. The molecule has 1 aromatic rings. The largest absolute Gasteiger partial charge is 0.399 e. The smallest absolute Gasteiger partial charge is 0.127 e. The summed E-state index contributed by atoms with van der Waals surface area (Å²) >= 11 is 0. The summed E-state index contributed by atoms with van der Waals surface area (Å²) in [6.07, 6.45) is 7.75. The molecule has 2 unspecified atom stereocenters. The van der Waals surface area contributed by atoms with E-state index in [1.807, 2.05) is 6.07 Å². The van der Waals surface area contributed by atoms with E-state index in [1.165, 1.54) is 44.6 Å². The molecule has 4 fully saturated rings. The predicted molar refractivity (Wildman–Crippen MR) is 84.6 cm³/mol. The standard InChI is InChI=1S/C18H25FN2/c1-16-6-12-7-17(2,9-16)11-18(8-12,10-16)21-15-4-13(19)3-14(20)5-15/h3-5,12,21H,6-11,20H2,1-2H3. The Hall–Kier alpha value is -1.25. The Labute approximate surface area is 126 Å². The molecule has 0 saturated heterocycles. The zero-order chi connectivity index (χ0) is 14.9. The number of anilines is 2. The van der Waals surface area contributed by atoms with Crippen LogP contribution in [0.25, 0.3) is 0 Å². The molecule has 3 heteroatoms. The molecular formula is C18H25FN2. The van der Waals surface area contributed by atoms with Crippen LogP contribution in [0.5, 0.6) is 0 Å². The number of nitrogen functional groups attached to an aromatic ring is 1. The van der Waals surface area contributed by atoms with E-state index in [9.17, 15) is 4.39 Å².